The van der Waals surface area contributed by atoms with Crippen molar-refractivity contribution in [1.82, 2.24) is 4.98 Å². The quantitative estimate of drug-likeness (QED) is 0.531. The molecule has 0 aliphatic heterocycles. The van der Waals surface area contributed by atoms with E-state index in [1.54, 1.807) is 30.5 Å². The lowest BCUT2D eigenvalue weighted by Crippen LogP contribution is -2.20. The Morgan fingerprint density at radius 3 is 2.61 bits per heavy atom. The number of likely N-dealkylation sites (N-methyl/N-ethyl adjacent to an activating group) is 1. The first-order valence-corrected chi connectivity index (χ1v) is 7.44. The molecule has 0 bridgehead atoms. The van der Waals surface area contributed by atoms with Gasteiger partial charge in [0.05, 0.1) is 16.0 Å². The van der Waals surface area contributed by atoms with Crippen molar-refractivity contribution >= 4 is 22.3 Å². The zero-order valence-corrected chi connectivity index (χ0v) is 12.8. The van der Waals surface area contributed by atoms with E-state index in [1.807, 2.05) is 25.2 Å². The average Bonchev–Trinajstić information content (AvgIpc) is 2.59. The summed E-state index contributed by atoms with van der Waals surface area (Å²) < 4.78 is 0. The molecule has 0 amide bonds. The first-order chi connectivity index (χ1) is 11.2. The lowest BCUT2D eigenvalue weighted by molar-refractivity contribution is -0.383. The first kappa shape index (κ1) is 15.0. The second-order valence-corrected chi connectivity index (χ2v) is 5.42. The van der Waals surface area contributed by atoms with Crippen molar-refractivity contribution in [2.75, 3.05) is 18.5 Å². The Bertz CT molecular complexity index is 834. The third-order valence-electron chi connectivity index (χ3n) is 3.91. The number of pyridine rings is 1. The highest BCUT2D eigenvalue weighted by Gasteiger charge is 2.16. The lowest BCUT2D eigenvalue weighted by Gasteiger charge is -2.20. The zero-order valence-electron chi connectivity index (χ0n) is 12.8. The van der Waals surface area contributed by atoms with Crippen LogP contribution < -0.4 is 4.90 Å². The molecule has 0 radical (unpaired) electrons. The topological polar surface area (TPSA) is 59.3 Å². The van der Waals surface area contributed by atoms with E-state index < -0.39 is 0 Å². The van der Waals surface area contributed by atoms with Crippen molar-refractivity contribution < 1.29 is 4.92 Å². The van der Waals surface area contributed by atoms with Gasteiger partial charge in [0.2, 0.25) is 0 Å². The fraction of sp³-hybridized carbons (Fsp3) is 0.167. The number of rotatable bonds is 5. The number of benzene rings is 2. The van der Waals surface area contributed by atoms with Crippen molar-refractivity contribution in [2.45, 2.75) is 6.42 Å². The summed E-state index contributed by atoms with van der Waals surface area (Å²) in [7, 11) is 1.98. The van der Waals surface area contributed by atoms with Crippen LogP contribution in [0.4, 0.5) is 11.4 Å². The summed E-state index contributed by atoms with van der Waals surface area (Å²) in [5.74, 6) is 0. The fourth-order valence-corrected chi connectivity index (χ4v) is 2.67. The Balaban J connectivity index is 1.90. The second-order valence-electron chi connectivity index (χ2n) is 5.42. The third-order valence-corrected chi connectivity index (χ3v) is 3.91. The predicted octanol–water partition coefficient (Wildman–Crippen LogP) is 3.82. The minimum absolute atomic E-state index is 0.0910. The van der Waals surface area contributed by atoms with Crippen molar-refractivity contribution in [3.05, 3.63) is 76.5 Å². The molecule has 0 N–H and O–H groups in total. The van der Waals surface area contributed by atoms with E-state index >= 15 is 0 Å². The highest BCUT2D eigenvalue weighted by Crippen LogP contribution is 2.31. The molecule has 0 spiro atoms. The number of nitro groups is 1. The molecule has 1 aromatic heterocycles. The van der Waals surface area contributed by atoms with Crippen LogP contribution in [0.5, 0.6) is 0 Å². The second kappa shape index (κ2) is 6.44. The Labute approximate surface area is 134 Å². The minimum Gasteiger partial charge on any atom is -0.372 e. The van der Waals surface area contributed by atoms with E-state index in [2.05, 4.69) is 22.0 Å². The van der Waals surface area contributed by atoms with Crippen molar-refractivity contribution in [3.63, 3.8) is 0 Å². The van der Waals surface area contributed by atoms with Gasteiger partial charge in [-0.05, 0) is 30.2 Å². The lowest BCUT2D eigenvalue weighted by atomic mass is 10.1. The summed E-state index contributed by atoms with van der Waals surface area (Å²) in [5, 5.41) is 11.7. The number of anilines is 1. The predicted molar refractivity (Wildman–Crippen MR) is 91.8 cm³/mol. The van der Waals surface area contributed by atoms with Crippen LogP contribution in [0.2, 0.25) is 0 Å². The van der Waals surface area contributed by atoms with E-state index in [0.717, 1.165) is 18.7 Å². The molecule has 3 aromatic rings. The van der Waals surface area contributed by atoms with Gasteiger partial charge in [-0.15, -0.1) is 0 Å². The zero-order chi connectivity index (χ0) is 16.2. The van der Waals surface area contributed by atoms with Gasteiger partial charge in [0, 0.05) is 25.9 Å². The summed E-state index contributed by atoms with van der Waals surface area (Å²) in [6.07, 6.45) is 2.57. The molecule has 0 saturated heterocycles. The van der Waals surface area contributed by atoms with Crippen molar-refractivity contribution in [3.8, 4) is 0 Å². The Morgan fingerprint density at radius 1 is 1.09 bits per heavy atom. The number of aromatic nitrogens is 1. The maximum absolute atomic E-state index is 11.2. The Kier molecular flexibility index (Phi) is 4.19. The Morgan fingerprint density at radius 2 is 1.87 bits per heavy atom. The van der Waals surface area contributed by atoms with E-state index in [1.165, 1.54) is 5.56 Å². The molecule has 2 aromatic carbocycles. The van der Waals surface area contributed by atoms with E-state index in [9.17, 15) is 10.1 Å². The molecule has 0 unspecified atom stereocenters. The van der Waals surface area contributed by atoms with Crippen LogP contribution in [0, 0.1) is 10.1 Å². The van der Waals surface area contributed by atoms with Crippen LogP contribution in [-0.4, -0.2) is 23.5 Å². The molecule has 0 saturated carbocycles. The van der Waals surface area contributed by atoms with Crippen molar-refractivity contribution in [2.24, 2.45) is 0 Å². The first-order valence-electron chi connectivity index (χ1n) is 7.44. The van der Waals surface area contributed by atoms with Gasteiger partial charge in [-0.3, -0.25) is 15.1 Å². The normalized spacial score (nSPS) is 10.7. The standard InChI is InChI=1S/C18H17N3O2/c1-20(13-11-14-6-3-2-4-7-14)17-10-9-16(21(22)23)15-8-5-12-19-18(15)17/h2-10,12H,11,13H2,1H3. The SMILES string of the molecule is CN(CCc1ccccc1)c1ccc([N+](=O)[O-])c2cccnc12. The van der Waals surface area contributed by atoms with E-state index in [4.69, 9.17) is 0 Å². The number of nitro benzene ring substituents is 1. The van der Waals surface area contributed by atoms with Gasteiger partial charge < -0.3 is 4.90 Å². The van der Waals surface area contributed by atoms with Gasteiger partial charge in [0.25, 0.3) is 5.69 Å². The van der Waals surface area contributed by atoms with Gasteiger partial charge in [-0.2, -0.15) is 0 Å². The van der Waals surface area contributed by atoms with Gasteiger partial charge in [0.15, 0.2) is 0 Å². The Hall–Kier alpha value is -2.95. The summed E-state index contributed by atoms with van der Waals surface area (Å²) in [4.78, 5) is 17.3. The summed E-state index contributed by atoms with van der Waals surface area (Å²) in [6.45, 7) is 0.813. The molecule has 23 heavy (non-hydrogen) atoms. The van der Waals surface area contributed by atoms with Crippen LogP contribution in [0.1, 0.15) is 5.56 Å². The summed E-state index contributed by atoms with van der Waals surface area (Å²) in [6, 6.07) is 17.0. The number of nitrogens with zero attached hydrogens (tertiary/aromatic N) is 3. The monoisotopic (exact) mass is 307 g/mol. The maximum atomic E-state index is 11.2. The molecular formula is C18H17N3O2. The molecule has 0 fully saturated rings. The third kappa shape index (κ3) is 3.13. The highest BCUT2D eigenvalue weighted by molar-refractivity contribution is 5.96. The molecule has 116 valence electrons. The van der Waals surface area contributed by atoms with Crippen molar-refractivity contribution in [1.29, 1.82) is 0 Å². The van der Waals surface area contributed by atoms with Gasteiger partial charge >= 0.3 is 0 Å². The molecule has 5 heteroatoms. The van der Waals surface area contributed by atoms with Gasteiger partial charge in [-0.25, -0.2) is 0 Å². The fourth-order valence-electron chi connectivity index (χ4n) is 2.67. The molecular weight excluding hydrogens is 290 g/mol. The summed E-state index contributed by atoms with van der Waals surface area (Å²) >= 11 is 0. The van der Waals surface area contributed by atoms with Crippen LogP contribution in [-0.2, 0) is 6.42 Å². The van der Waals surface area contributed by atoms with Gasteiger partial charge in [-0.1, -0.05) is 30.3 Å². The van der Waals surface area contributed by atoms with Gasteiger partial charge in [0.1, 0.15) is 5.52 Å². The molecule has 3 rings (SSSR count). The largest absolute Gasteiger partial charge is 0.372 e. The number of hydrogen-bond acceptors (Lipinski definition) is 4. The molecule has 0 aliphatic carbocycles. The number of fused-ring (bicyclic) bond motifs is 1. The van der Waals surface area contributed by atoms with Crippen LogP contribution in [0.25, 0.3) is 10.9 Å². The molecule has 0 aliphatic rings. The molecule has 5 nitrogen and oxygen atoms in total. The highest BCUT2D eigenvalue weighted by atomic mass is 16.6. The van der Waals surface area contributed by atoms with E-state index in [-0.39, 0.29) is 10.6 Å². The van der Waals surface area contributed by atoms with Crippen LogP contribution >= 0.6 is 0 Å². The average molecular weight is 307 g/mol. The van der Waals surface area contributed by atoms with E-state index in [0.29, 0.717) is 10.9 Å². The maximum Gasteiger partial charge on any atom is 0.278 e. The molecule has 0 atom stereocenters. The smallest absolute Gasteiger partial charge is 0.278 e. The number of non-ortho nitro benzene ring substituents is 1. The summed E-state index contributed by atoms with van der Waals surface area (Å²) in [5.41, 5.74) is 2.92. The number of hydrogen-bond donors (Lipinski definition) is 0. The minimum atomic E-state index is -0.363. The molecule has 1 heterocycles. The van der Waals surface area contributed by atoms with Crippen LogP contribution in [0.15, 0.2) is 60.8 Å². The van der Waals surface area contributed by atoms with Crippen LogP contribution in [0.3, 0.4) is 0 Å².